The molecule has 0 spiro atoms. The molecule has 3 rings (SSSR count). The Morgan fingerprint density at radius 1 is 1.28 bits per heavy atom. The molecule has 1 N–H and O–H groups in total. The molecular formula is C21H24BrN3O3S. The summed E-state index contributed by atoms with van der Waals surface area (Å²) in [6.45, 7) is 3.34. The van der Waals surface area contributed by atoms with E-state index in [-0.39, 0.29) is 18.0 Å². The van der Waals surface area contributed by atoms with Gasteiger partial charge < -0.3 is 15.0 Å². The first kappa shape index (κ1) is 21.6. The number of pyridine rings is 1. The van der Waals surface area contributed by atoms with Gasteiger partial charge in [0.05, 0.1) is 12.2 Å². The number of ether oxygens (including phenoxy) is 1. The molecule has 2 amide bonds. The van der Waals surface area contributed by atoms with Gasteiger partial charge in [-0.15, -0.1) is 11.8 Å². The van der Waals surface area contributed by atoms with E-state index in [1.54, 1.807) is 41.9 Å². The maximum Gasteiger partial charge on any atom is 0.409 e. The molecule has 0 aliphatic carbocycles. The second-order valence-corrected chi connectivity index (χ2v) is 8.59. The molecule has 29 heavy (non-hydrogen) atoms. The van der Waals surface area contributed by atoms with Crippen LogP contribution >= 0.6 is 27.7 Å². The Bertz CT molecular complexity index is 857. The second kappa shape index (κ2) is 10.6. The van der Waals surface area contributed by atoms with E-state index >= 15 is 0 Å². The molecular weight excluding hydrogens is 454 g/mol. The zero-order valence-electron chi connectivity index (χ0n) is 16.3. The molecule has 0 atom stereocenters. The highest BCUT2D eigenvalue weighted by molar-refractivity contribution is 9.10. The summed E-state index contributed by atoms with van der Waals surface area (Å²) in [5.41, 5.74) is 1.74. The third kappa shape index (κ3) is 6.21. The van der Waals surface area contributed by atoms with Crippen LogP contribution in [0.2, 0.25) is 0 Å². The van der Waals surface area contributed by atoms with E-state index in [0.29, 0.717) is 43.1 Å². The van der Waals surface area contributed by atoms with Crippen molar-refractivity contribution in [2.75, 3.05) is 19.7 Å². The van der Waals surface area contributed by atoms with E-state index in [9.17, 15) is 9.59 Å². The van der Waals surface area contributed by atoms with Gasteiger partial charge in [-0.25, -0.2) is 9.78 Å². The molecule has 8 heteroatoms. The van der Waals surface area contributed by atoms with Gasteiger partial charge in [-0.3, -0.25) is 4.79 Å². The molecule has 2 heterocycles. The number of carbonyl (C=O) groups is 2. The van der Waals surface area contributed by atoms with Gasteiger partial charge in [0.1, 0.15) is 5.03 Å². The van der Waals surface area contributed by atoms with Gasteiger partial charge in [-0.05, 0) is 49.6 Å². The fraction of sp³-hybridized carbons (Fsp3) is 0.381. The molecule has 0 unspecified atom stereocenters. The minimum absolute atomic E-state index is 0.0383. The summed E-state index contributed by atoms with van der Waals surface area (Å²) in [6, 6.07) is 11.7. The van der Waals surface area contributed by atoms with Crippen LogP contribution in [0.15, 0.2) is 52.1 Å². The van der Waals surface area contributed by atoms with Crippen LogP contribution in [0.5, 0.6) is 0 Å². The van der Waals surface area contributed by atoms with Crippen molar-refractivity contribution >= 4 is 39.7 Å². The lowest BCUT2D eigenvalue weighted by atomic mass is 10.0. The molecule has 154 valence electrons. The van der Waals surface area contributed by atoms with Gasteiger partial charge in [-0.2, -0.15) is 0 Å². The molecule has 6 nitrogen and oxygen atoms in total. The third-order valence-electron chi connectivity index (χ3n) is 4.64. The number of likely N-dealkylation sites (tertiary alicyclic amines) is 1. The zero-order valence-corrected chi connectivity index (χ0v) is 18.7. The number of nitrogens with one attached hydrogen (secondary N) is 1. The summed E-state index contributed by atoms with van der Waals surface area (Å²) in [5, 5.41) is 3.81. The first-order valence-corrected chi connectivity index (χ1v) is 11.4. The first-order chi connectivity index (χ1) is 14.1. The Kier molecular flexibility index (Phi) is 7.94. The molecule has 1 aliphatic heterocycles. The number of piperidine rings is 1. The molecule has 0 radical (unpaired) electrons. The predicted molar refractivity (Wildman–Crippen MR) is 117 cm³/mol. The van der Waals surface area contributed by atoms with Crippen molar-refractivity contribution in [1.29, 1.82) is 0 Å². The maximum absolute atomic E-state index is 12.8. The number of nitrogens with zero attached hydrogens (tertiary/aromatic N) is 2. The van der Waals surface area contributed by atoms with Gasteiger partial charge in [0, 0.05) is 35.6 Å². The predicted octanol–water partition coefficient (Wildman–Crippen LogP) is 4.49. The van der Waals surface area contributed by atoms with Crippen LogP contribution in [-0.2, 0) is 10.5 Å². The minimum atomic E-state index is -0.282. The molecule has 2 aromatic rings. The number of aromatic nitrogens is 1. The van der Waals surface area contributed by atoms with Crippen molar-refractivity contribution in [3.8, 4) is 0 Å². The molecule has 1 saturated heterocycles. The van der Waals surface area contributed by atoms with Gasteiger partial charge in [0.15, 0.2) is 0 Å². The smallest absolute Gasteiger partial charge is 0.409 e. The van der Waals surface area contributed by atoms with Gasteiger partial charge in [0.25, 0.3) is 5.91 Å². The largest absolute Gasteiger partial charge is 0.450 e. The van der Waals surface area contributed by atoms with Gasteiger partial charge in [-0.1, -0.05) is 28.1 Å². The highest BCUT2D eigenvalue weighted by atomic mass is 79.9. The lowest BCUT2D eigenvalue weighted by Gasteiger charge is -2.31. The number of rotatable bonds is 6. The van der Waals surface area contributed by atoms with E-state index in [1.165, 1.54) is 0 Å². The van der Waals surface area contributed by atoms with Crippen LogP contribution in [0, 0.1) is 0 Å². The minimum Gasteiger partial charge on any atom is -0.450 e. The van der Waals surface area contributed by atoms with E-state index in [1.807, 2.05) is 12.1 Å². The molecule has 0 saturated carbocycles. The van der Waals surface area contributed by atoms with E-state index < -0.39 is 0 Å². The van der Waals surface area contributed by atoms with Crippen LogP contribution in [0.25, 0.3) is 0 Å². The number of amides is 2. The normalized spacial score (nSPS) is 14.5. The van der Waals surface area contributed by atoms with Crippen molar-refractivity contribution in [3.05, 3.63) is 58.2 Å². The number of hydrogen-bond donors (Lipinski definition) is 1. The number of thioether (sulfide) groups is 1. The molecule has 1 aromatic heterocycles. The number of benzene rings is 1. The molecule has 1 aliphatic rings. The molecule has 1 aromatic carbocycles. The van der Waals surface area contributed by atoms with Crippen LogP contribution < -0.4 is 5.32 Å². The van der Waals surface area contributed by atoms with Gasteiger partial charge in [0.2, 0.25) is 0 Å². The topological polar surface area (TPSA) is 71.5 Å². The van der Waals surface area contributed by atoms with E-state index in [2.05, 4.69) is 38.4 Å². The Labute approximate surface area is 183 Å². The summed E-state index contributed by atoms with van der Waals surface area (Å²) in [4.78, 5) is 30.7. The Morgan fingerprint density at radius 2 is 2.07 bits per heavy atom. The van der Waals surface area contributed by atoms with Crippen molar-refractivity contribution in [1.82, 2.24) is 15.2 Å². The monoisotopic (exact) mass is 477 g/mol. The summed E-state index contributed by atoms with van der Waals surface area (Å²) in [5.74, 6) is 0.610. The van der Waals surface area contributed by atoms with Crippen molar-refractivity contribution in [2.45, 2.75) is 36.6 Å². The van der Waals surface area contributed by atoms with Gasteiger partial charge >= 0.3 is 6.09 Å². The van der Waals surface area contributed by atoms with Crippen molar-refractivity contribution < 1.29 is 14.3 Å². The second-order valence-electron chi connectivity index (χ2n) is 6.71. The van der Waals surface area contributed by atoms with Crippen LogP contribution in [0.3, 0.4) is 0 Å². The standard InChI is InChI=1S/C21H24BrN3O3S/c1-2-28-21(27)25-11-8-17(9-12-25)24-19(26)18-7-4-10-23-20(18)29-14-15-5-3-6-16(22)13-15/h3-7,10,13,17H,2,8-9,11-12,14H2,1H3,(H,24,26). The SMILES string of the molecule is CCOC(=O)N1CCC(NC(=O)c2cccnc2SCc2cccc(Br)c2)CC1. The first-order valence-electron chi connectivity index (χ1n) is 9.61. The van der Waals surface area contributed by atoms with Crippen LogP contribution in [0.4, 0.5) is 4.79 Å². The lowest BCUT2D eigenvalue weighted by Crippen LogP contribution is -2.46. The number of hydrogen-bond acceptors (Lipinski definition) is 5. The summed E-state index contributed by atoms with van der Waals surface area (Å²) >= 11 is 5.03. The average Bonchev–Trinajstić information content (AvgIpc) is 2.73. The molecule has 0 bridgehead atoms. The van der Waals surface area contributed by atoms with Crippen LogP contribution in [-0.4, -0.2) is 47.6 Å². The fourth-order valence-electron chi connectivity index (χ4n) is 3.14. The van der Waals surface area contributed by atoms with Crippen LogP contribution in [0.1, 0.15) is 35.7 Å². The molecule has 1 fully saturated rings. The summed E-state index contributed by atoms with van der Waals surface area (Å²) in [6.07, 6.45) is 2.85. The Balaban J connectivity index is 1.57. The maximum atomic E-state index is 12.8. The highest BCUT2D eigenvalue weighted by Gasteiger charge is 2.25. The third-order valence-corrected chi connectivity index (χ3v) is 6.21. The summed E-state index contributed by atoms with van der Waals surface area (Å²) < 4.78 is 6.07. The number of carbonyl (C=O) groups excluding carboxylic acids is 2. The highest BCUT2D eigenvalue weighted by Crippen LogP contribution is 2.25. The average molecular weight is 478 g/mol. The number of halogens is 1. The van der Waals surface area contributed by atoms with Crippen molar-refractivity contribution in [2.24, 2.45) is 0 Å². The van der Waals surface area contributed by atoms with Crippen molar-refractivity contribution in [3.63, 3.8) is 0 Å². The summed E-state index contributed by atoms with van der Waals surface area (Å²) in [7, 11) is 0. The Hall–Kier alpha value is -2.06. The lowest BCUT2D eigenvalue weighted by molar-refractivity contribution is 0.0857. The van der Waals surface area contributed by atoms with E-state index in [0.717, 1.165) is 15.8 Å². The fourth-order valence-corrected chi connectivity index (χ4v) is 4.52. The van der Waals surface area contributed by atoms with E-state index in [4.69, 9.17) is 4.74 Å². The zero-order chi connectivity index (χ0) is 20.6. The quantitative estimate of drug-likeness (QED) is 0.620. The Morgan fingerprint density at radius 3 is 2.79 bits per heavy atom.